The van der Waals surface area contributed by atoms with Gasteiger partial charge in [-0.3, -0.25) is 0 Å². The van der Waals surface area contributed by atoms with Crippen LogP contribution in [0.5, 0.6) is 5.88 Å². The molecule has 0 saturated carbocycles. The van der Waals surface area contributed by atoms with Gasteiger partial charge in [0.15, 0.2) is 0 Å². The number of hydrogen-bond donors (Lipinski definition) is 1. The van der Waals surface area contributed by atoms with Crippen LogP contribution in [0.4, 0.5) is 0 Å². The first kappa shape index (κ1) is 11.6. The SMILES string of the molecule is COc1cc(CC(O)c2ccccc2)ccn1. The second-order valence-electron chi connectivity index (χ2n) is 3.84. The van der Waals surface area contributed by atoms with Crippen molar-refractivity contribution in [2.75, 3.05) is 7.11 Å². The number of methoxy groups -OCH3 is 1. The van der Waals surface area contributed by atoms with Crippen molar-refractivity contribution in [2.45, 2.75) is 12.5 Å². The fourth-order valence-corrected chi connectivity index (χ4v) is 1.71. The van der Waals surface area contributed by atoms with Gasteiger partial charge in [0.05, 0.1) is 13.2 Å². The second-order valence-corrected chi connectivity index (χ2v) is 3.84. The van der Waals surface area contributed by atoms with Gasteiger partial charge in [-0.05, 0) is 17.2 Å². The maximum absolute atomic E-state index is 10.1. The van der Waals surface area contributed by atoms with E-state index in [1.54, 1.807) is 13.3 Å². The van der Waals surface area contributed by atoms with Gasteiger partial charge in [-0.1, -0.05) is 30.3 Å². The molecular formula is C14H15NO2. The fraction of sp³-hybridized carbons (Fsp3) is 0.214. The van der Waals surface area contributed by atoms with E-state index in [0.717, 1.165) is 11.1 Å². The number of aromatic nitrogens is 1. The van der Waals surface area contributed by atoms with Gasteiger partial charge in [0.25, 0.3) is 0 Å². The lowest BCUT2D eigenvalue weighted by Crippen LogP contribution is -2.02. The van der Waals surface area contributed by atoms with E-state index in [0.29, 0.717) is 12.3 Å². The topological polar surface area (TPSA) is 42.4 Å². The van der Waals surface area contributed by atoms with Crippen LogP contribution in [0.2, 0.25) is 0 Å². The smallest absolute Gasteiger partial charge is 0.213 e. The Morgan fingerprint density at radius 3 is 2.71 bits per heavy atom. The summed E-state index contributed by atoms with van der Waals surface area (Å²) in [6, 6.07) is 13.3. The molecule has 1 unspecified atom stereocenters. The third-order valence-electron chi connectivity index (χ3n) is 2.62. The molecular weight excluding hydrogens is 214 g/mol. The highest BCUT2D eigenvalue weighted by molar-refractivity contribution is 5.24. The van der Waals surface area contributed by atoms with Gasteiger partial charge in [-0.2, -0.15) is 0 Å². The first-order chi connectivity index (χ1) is 8.29. The van der Waals surface area contributed by atoms with Gasteiger partial charge in [0.2, 0.25) is 5.88 Å². The molecule has 0 radical (unpaired) electrons. The molecule has 0 aliphatic rings. The molecule has 0 amide bonds. The monoisotopic (exact) mass is 229 g/mol. The van der Waals surface area contributed by atoms with E-state index in [9.17, 15) is 5.11 Å². The molecule has 1 atom stereocenters. The highest BCUT2D eigenvalue weighted by atomic mass is 16.5. The summed E-state index contributed by atoms with van der Waals surface area (Å²) in [5.74, 6) is 0.572. The quantitative estimate of drug-likeness (QED) is 0.875. The number of hydrogen-bond acceptors (Lipinski definition) is 3. The molecule has 0 aliphatic carbocycles. The summed E-state index contributed by atoms with van der Waals surface area (Å²) in [7, 11) is 1.58. The molecule has 0 bridgehead atoms. The highest BCUT2D eigenvalue weighted by Gasteiger charge is 2.08. The molecule has 3 heteroatoms. The zero-order valence-electron chi connectivity index (χ0n) is 9.71. The molecule has 17 heavy (non-hydrogen) atoms. The maximum atomic E-state index is 10.1. The average Bonchev–Trinajstić information content (AvgIpc) is 2.40. The summed E-state index contributed by atoms with van der Waals surface area (Å²) in [6.07, 6.45) is 1.75. The predicted octanol–water partition coefficient (Wildman–Crippen LogP) is 2.37. The minimum atomic E-state index is -0.497. The second kappa shape index (κ2) is 5.46. The molecule has 1 aromatic carbocycles. The van der Waals surface area contributed by atoms with E-state index in [1.165, 1.54) is 0 Å². The summed E-state index contributed by atoms with van der Waals surface area (Å²) < 4.78 is 5.05. The molecule has 0 aliphatic heterocycles. The van der Waals surface area contributed by atoms with Gasteiger partial charge >= 0.3 is 0 Å². The zero-order chi connectivity index (χ0) is 12.1. The third-order valence-corrected chi connectivity index (χ3v) is 2.62. The van der Waals surface area contributed by atoms with Crippen LogP contribution in [0, 0.1) is 0 Å². The van der Waals surface area contributed by atoms with Crippen molar-refractivity contribution >= 4 is 0 Å². The normalized spacial score (nSPS) is 12.1. The van der Waals surface area contributed by atoms with Crippen LogP contribution in [-0.2, 0) is 6.42 Å². The van der Waals surface area contributed by atoms with Crippen molar-refractivity contribution in [1.29, 1.82) is 0 Å². The van der Waals surface area contributed by atoms with Crippen molar-refractivity contribution in [1.82, 2.24) is 4.98 Å². The van der Waals surface area contributed by atoms with Crippen LogP contribution in [-0.4, -0.2) is 17.2 Å². The molecule has 0 fully saturated rings. The molecule has 2 aromatic rings. The van der Waals surface area contributed by atoms with Crippen molar-refractivity contribution in [3.05, 3.63) is 59.8 Å². The summed E-state index contributed by atoms with van der Waals surface area (Å²) in [4.78, 5) is 4.03. The maximum Gasteiger partial charge on any atom is 0.213 e. The predicted molar refractivity (Wildman–Crippen MR) is 65.9 cm³/mol. The van der Waals surface area contributed by atoms with Crippen molar-refractivity contribution in [2.24, 2.45) is 0 Å². The Balaban J connectivity index is 2.10. The van der Waals surface area contributed by atoms with Crippen LogP contribution in [0.25, 0.3) is 0 Å². The van der Waals surface area contributed by atoms with Crippen molar-refractivity contribution in [3.8, 4) is 5.88 Å². The average molecular weight is 229 g/mol. The van der Waals surface area contributed by atoms with E-state index in [1.807, 2.05) is 42.5 Å². The molecule has 0 spiro atoms. The Hall–Kier alpha value is -1.87. The van der Waals surface area contributed by atoms with Crippen LogP contribution in [0.15, 0.2) is 48.7 Å². The summed E-state index contributed by atoms with van der Waals surface area (Å²) >= 11 is 0. The van der Waals surface area contributed by atoms with Gasteiger partial charge in [0.1, 0.15) is 0 Å². The Morgan fingerprint density at radius 1 is 1.24 bits per heavy atom. The summed E-state index contributed by atoms with van der Waals surface area (Å²) in [5, 5.41) is 10.1. The number of aliphatic hydroxyl groups excluding tert-OH is 1. The number of rotatable bonds is 4. The molecule has 1 aromatic heterocycles. The molecule has 2 rings (SSSR count). The highest BCUT2D eigenvalue weighted by Crippen LogP contribution is 2.19. The Labute approximate surface area is 101 Å². The van der Waals surface area contributed by atoms with Crippen molar-refractivity contribution in [3.63, 3.8) is 0 Å². The largest absolute Gasteiger partial charge is 0.481 e. The number of benzene rings is 1. The lowest BCUT2D eigenvalue weighted by atomic mass is 10.0. The number of ether oxygens (including phenoxy) is 1. The molecule has 1 heterocycles. The van der Waals surface area contributed by atoms with E-state index < -0.39 is 6.10 Å². The lowest BCUT2D eigenvalue weighted by molar-refractivity contribution is 0.178. The van der Waals surface area contributed by atoms with Crippen molar-refractivity contribution < 1.29 is 9.84 Å². The van der Waals surface area contributed by atoms with Crippen LogP contribution < -0.4 is 4.74 Å². The molecule has 1 N–H and O–H groups in total. The number of pyridine rings is 1. The molecule has 3 nitrogen and oxygen atoms in total. The van der Waals surface area contributed by atoms with Crippen LogP contribution in [0.1, 0.15) is 17.2 Å². The minimum absolute atomic E-state index is 0.497. The fourth-order valence-electron chi connectivity index (χ4n) is 1.71. The van der Waals surface area contributed by atoms with E-state index in [-0.39, 0.29) is 0 Å². The zero-order valence-corrected chi connectivity index (χ0v) is 9.71. The van der Waals surface area contributed by atoms with E-state index in [2.05, 4.69) is 4.98 Å². The summed E-state index contributed by atoms with van der Waals surface area (Å²) in [6.45, 7) is 0. The lowest BCUT2D eigenvalue weighted by Gasteiger charge is -2.11. The van der Waals surface area contributed by atoms with Gasteiger partial charge in [-0.25, -0.2) is 4.98 Å². The van der Waals surface area contributed by atoms with Crippen LogP contribution >= 0.6 is 0 Å². The van der Waals surface area contributed by atoms with Gasteiger partial charge in [0, 0.05) is 18.7 Å². The number of nitrogens with zero attached hydrogens (tertiary/aromatic N) is 1. The molecule has 88 valence electrons. The standard InChI is InChI=1S/C14H15NO2/c1-17-14-10-11(7-8-15-14)9-13(16)12-5-3-2-4-6-12/h2-8,10,13,16H,9H2,1H3. The van der Waals surface area contributed by atoms with Gasteiger partial charge < -0.3 is 9.84 Å². The Kier molecular flexibility index (Phi) is 3.73. The molecule has 0 saturated heterocycles. The van der Waals surface area contributed by atoms with Crippen LogP contribution in [0.3, 0.4) is 0 Å². The summed E-state index contributed by atoms with van der Waals surface area (Å²) in [5.41, 5.74) is 1.93. The Bertz CT molecular complexity index is 471. The minimum Gasteiger partial charge on any atom is -0.481 e. The first-order valence-electron chi connectivity index (χ1n) is 5.51. The Morgan fingerprint density at radius 2 is 2.00 bits per heavy atom. The number of aliphatic hydroxyl groups is 1. The van der Waals surface area contributed by atoms with E-state index in [4.69, 9.17) is 4.74 Å². The van der Waals surface area contributed by atoms with Gasteiger partial charge in [-0.15, -0.1) is 0 Å². The first-order valence-corrected chi connectivity index (χ1v) is 5.51. The third kappa shape index (κ3) is 3.04. The van der Waals surface area contributed by atoms with E-state index >= 15 is 0 Å².